The van der Waals surface area contributed by atoms with Gasteiger partial charge in [0.25, 0.3) is 5.91 Å². The van der Waals surface area contributed by atoms with Gasteiger partial charge in [-0.2, -0.15) is 0 Å². The van der Waals surface area contributed by atoms with Crippen molar-refractivity contribution >= 4 is 27.5 Å². The van der Waals surface area contributed by atoms with E-state index in [-0.39, 0.29) is 5.91 Å². The molecule has 1 N–H and O–H groups in total. The maximum atomic E-state index is 13.1. The van der Waals surface area contributed by atoms with Crippen molar-refractivity contribution in [2.45, 2.75) is 13.0 Å². The Kier molecular flexibility index (Phi) is 4.74. The van der Waals surface area contributed by atoms with E-state index in [2.05, 4.69) is 21.2 Å². The van der Waals surface area contributed by atoms with Gasteiger partial charge in [0.15, 0.2) is 6.10 Å². The number of para-hydroxylation sites is 1. The number of hydrogen-bond donors (Lipinski definition) is 1. The Labute approximate surface area is 124 Å². The molecule has 2 rings (SSSR count). The van der Waals surface area contributed by atoms with E-state index in [0.29, 0.717) is 15.9 Å². The minimum atomic E-state index is -0.742. The van der Waals surface area contributed by atoms with Gasteiger partial charge in [-0.1, -0.05) is 18.2 Å². The summed E-state index contributed by atoms with van der Waals surface area (Å²) in [4.78, 5) is 12.0. The van der Waals surface area contributed by atoms with Crippen LogP contribution in [0.25, 0.3) is 0 Å². The van der Waals surface area contributed by atoms with Crippen LogP contribution in [-0.2, 0) is 4.79 Å². The SMILES string of the molecule is CC(Oc1cc(F)ccc1Br)C(=O)Nc1ccccc1. The van der Waals surface area contributed by atoms with Crippen molar-refractivity contribution in [1.82, 2.24) is 0 Å². The molecule has 0 spiro atoms. The third-order valence-electron chi connectivity index (χ3n) is 2.61. The molecule has 0 bridgehead atoms. The normalized spacial score (nSPS) is 11.8. The van der Waals surface area contributed by atoms with Gasteiger partial charge in [-0.25, -0.2) is 4.39 Å². The molecule has 0 heterocycles. The van der Waals surface area contributed by atoms with Crippen molar-refractivity contribution < 1.29 is 13.9 Å². The summed E-state index contributed by atoms with van der Waals surface area (Å²) in [7, 11) is 0. The fraction of sp³-hybridized carbons (Fsp3) is 0.133. The molecule has 2 aromatic rings. The predicted molar refractivity (Wildman–Crippen MR) is 79.3 cm³/mol. The second kappa shape index (κ2) is 6.52. The van der Waals surface area contributed by atoms with Crippen molar-refractivity contribution in [2.24, 2.45) is 0 Å². The number of amides is 1. The summed E-state index contributed by atoms with van der Waals surface area (Å²) >= 11 is 3.25. The third kappa shape index (κ3) is 3.81. The number of rotatable bonds is 4. The number of carbonyl (C=O) groups is 1. The Morgan fingerprint density at radius 3 is 2.65 bits per heavy atom. The molecular formula is C15H13BrFNO2. The van der Waals surface area contributed by atoms with Crippen LogP contribution in [0.4, 0.5) is 10.1 Å². The molecular weight excluding hydrogens is 325 g/mol. The average Bonchev–Trinajstić information content (AvgIpc) is 2.44. The van der Waals surface area contributed by atoms with Crippen molar-refractivity contribution in [3.63, 3.8) is 0 Å². The summed E-state index contributed by atoms with van der Waals surface area (Å²) in [6.45, 7) is 1.61. The first-order valence-electron chi connectivity index (χ1n) is 6.04. The van der Waals surface area contributed by atoms with Crippen molar-refractivity contribution in [3.8, 4) is 5.75 Å². The highest BCUT2D eigenvalue weighted by Crippen LogP contribution is 2.26. The van der Waals surface area contributed by atoms with Crippen molar-refractivity contribution in [3.05, 3.63) is 58.8 Å². The number of ether oxygens (including phenoxy) is 1. The first-order valence-corrected chi connectivity index (χ1v) is 6.83. The van der Waals surface area contributed by atoms with E-state index < -0.39 is 11.9 Å². The highest BCUT2D eigenvalue weighted by Gasteiger charge is 2.16. The van der Waals surface area contributed by atoms with Crippen LogP contribution in [0.2, 0.25) is 0 Å². The molecule has 104 valence electrons. The number of benzene rings is 2. The van der Waals surface area contributed by atoms with Gasteiger partial charge < -0.3 is 10.1 Å². The minimum absolute atomic E-state index is 0.292. The van der Waals surface area contributed by atoms with E-state index in [4.69, 9.17) is 4.74 Å². The lowest BCUT2D eigenvalue weighted by Crippen LogP contribution is -2.30. The fourth-order valence-electron chi connectivity index (χ4n) is 1.58. The first kappa shape index (κ1) is 14.5. The summed E-state index contributed by atoms with van der Waals surface area (Å²) < 4.78 is 19.2. The first-order chi connectivity index (χ1) is 9.56. The Balaban J connectivity index is 2.02. The predicted octanol–water partition coefficient (Wildman–Crippen LogP) is 3.99. The molecule has 5 heteroatoms. The van der Waals surface area contributed by atoms with Crippen LogP contribution in [-0.4, -0.2) is 12.0 Å². The van der Waals surface area contributed by atoms with Gasteiger partial charge in [-0.05, 0) is 47.1 Å². The molecule has 2 aromatic carbocycles. The fourth-order valence-corrected chi connectivity index (χ4v) is 1.92. The minimum Gasteiger partial charge on any atom is -0.480 e. The van der Waals surface area contributed by atoms with Gasteiger partial charge in [-0.3, -0.25) is 4.79 Å². The summed E-state index contributed by atoms with van der Waals surface area (Å²) in [6.07, 6.45) is -0.742. The van der Waals surface area contributed by atoms with Crippen LogP contribution in [0.15, 0.2) is 53.0 Å². The number of anilines is 1. The quantitative estimate of drug-likeness (QED) is 0.915. The highest BCUT2D eigenvalue weighted by atomic mass is 79.9. The molecule has 0 saturated heterocycles. The van der Waals surface area contributed by atoms with E-state index in [1.807, 2.05) is 18.2 Å². The second-order valence-electron chi connectivity index (χ2n) is 4.19. The summed E-state index contributed by atoms with van der Waals surface area (Å²) in [5.41, 5.74) is 0.686. The number of hydrogen-bond acceptors (Lipinski definition) is 2. The topological polar surface area (TPSA) is 38.3 Å². The smallest absolute Gasteiger partial charge is 0.265 e. The summed E-state index contributed by atoms with van der Waals surface area (Å²) in [5.74, 6) is -0.424. The van der Waals surface area contributed by atoms with Gasteiger partial charge in [0.1, 0.15) is 11.6 Å². The lowest BCUT2D eigenvalue weighted by molar-refractivity contribution is -0.122. The van der Waals surface area contributed by atoms with E-state index in [0.717, 1.165) is 0 Å². The van der Waals surface area contributed by atoms with Crippen LogP contribution >= 0.6 is 15.9 Å². The van der Waals surface area contributed by atoms with Crippen LogP contribution in [0, 0.1) is 5.82 Å². The van der Waals surface area contributed by atoms with Crippen molar-refractivity contribution in [2.75, 3.05) is 5.32 Å². The van der Waals surface area contributed by atoms with Crippen LogP contribution in [0.1, 0.15) is 6.92 Å². The van der Waals surface area contributed by atoms with Crippen LogP contribution in [0.3, 0.4) is 0 Å². The molecule has 1 atom stereocenters. The van der Waals surface area contributed by atoms with Gasteiger partial charge in [-0.15, -0.1) is 0 Å². The number of nitrogens with one attached hydrogen (secondary N) is 1. The molecule has 0 aromatic heterocycles. The summed E-state index contributed by atoms with van der Waals surface area (Å²) in [5, 5.41) is 2.72. The monoisotopic (exact) mass is 337 g/mol. The number of carbonyl (C=O) groups excluding carboxylic acids is 1. The Morgan fingerprint density at radius 1 is 1.25 bits per heavy atom. The zero-order valence-electron chi connectivity index (χ0n) is 10.8. The molecule has 0 aliphatic rings. The second-order valence-corrected chi connectivity index (χ2v) is 5.04. The Morgan fingerprint density at radius 2 is 1.95 bits per heavy atom. The largest absolute Gasteiger partial charge is 0.480 e. The molecule has 3 nitrogen and oxygen atoms in total. The Hall–Kier alpha value is -1.88. The average molecular weight is 338 g/mol. The van der Waals surface area contributed by atoms with E-state index in [9.17, 15) is 9.18 Å². The zero-order valence-corrected chi connectivity index (χ0v) is 12.4. The van der Waals surface area contributed by atoms with E-state index in [1.54, 1.807) is 19.1 Å². The molecule has 0 aliphatic carbocycles. The Bertz CT molecular complexity index is 604. The molecule has 0 fully saturated rings. The standard InChI is InChI=1S/C15H13BrFNO2/c1-10(15(19)18-12-5-3-2-4-6-12)20-14-9-11(17)7-8-13(14)16/h2-10H,1H3,(H,18,19). The van der Waals surface area contributed by atoms with Gasteiger partial charge in [0.2, 0.25) is 0 Å². The van der Waals surface area contributed by atoms with Crippen LogP contribution in [0.5, 0.6) is 5.75 Å². The maximum absolute atomic E-state index is 13.1. The molecule has 1 amide bonds. The van der Waals surface area contributed by atoms with Crippen molar-refractivity contribution in [1.29, 1.82) is 0 Å². The molecule has 0 radical (unpaired) electrons. The molecule has 20 heavy (non-hydrogen) atoms. The lowest BCUT2D eigenvalue weighted by atomic mass is 10.3. The highest BCUT2D eigenvalue weighted by molar-refractivity contribution is 9.10. The van der Waals surface area contributed by atoms with Crippen LogP contribution < -0.4 is 10.1 Å². The molecule has 1 unspecified atom stereocenters. The third-order valence-corrected chi connectivity index (χ3v) is 3.26. The molecule has 0 saturated carbocycles. The molecule has 0 aliphatic heterocycles. The number of halogens is 2. The summed E-state index contributed by atoms with van der Waals surface area (Å²) in [6, 6.07) is 13.1. The zero-order chi connectivity index (χ0) is 14.5. The van der Waals surface area contributed by atoms with Gasteiger partial charge in [0, 0.05) is 11.8 Å². The van der Waals surface area contributed by atoms with Gasteiger partial charge >= 0.3 is 0 Å². The maximum Gasteiger partial charge on any atom is 0.265 e. The van der Waals surface area contributed by atoms with E-state index >= 15 is 0 Å². The lowest BCUT2D eigenvalue weighted by Gasteiger charge is -2.15. The van der Waals surface area contributed by atoms with E-state index in [1.165, 1.54) is 18.2 Å². The van der Waals surface area contributed by atoms with Gasteiger partial charge in [0.05, 0.1) is 4.47 Å².